The topological polar surface area (TPSA) is 47.3 Å². The number of aryl methyl sites for hydroxylation is 3. The Labute approximate surface area is 120 Å². The average Bonchev–Trinajstić information content (AvgIpc) is 2.76. The van der Waals surface area contributed by atoms with E-state index in [4.69, 9.17) is 4.74 Å². The van der Waals surface area contributed by atoms with Gasteiger partial charge in [0, 0.05) is 12.1 Å². The first-order valence-corrected chi connectivity index (χ1v) is 6.96. The molecular formula is C16H22N2O2. The highest BCUT2D eigenvalue weighted by Gasteiger charge is 2.11. The van der Waals surface area contributed by atoms with Gasteiger partial charge < -0.3 is 9.84 Å². The molecule has 0 saturated carbocycles. The predicted octanol–water partition coefficient (Wildman–Crippen LogP) is 3.15. The van der Waals surface area contributed by atoms with Crippen molar-refractivity contribution in [2.24, 2.45) is 0 Å². The summed E-state index contributed by atoms with van der Waals surface area (Å²) in [6, 6.07) is 7.88. The third-order valence-corrected chi connectivity index (χ3v) is 3.28. The van der Waals surface area contributed by atoms with Crippen molar-refractivity contribution in [1.29, 1.82) is 0 Å². The molecule has 1 aromatic carbocycles. The highest BCUT2D eigenvalue weighted by molar-refractivity contribution is 5.38. The molecule has 1 aromatic heterocycles. The summed E-state index contributed by atoms with van der Waals surface area (Å²) in [5.41, 5.74) is 3.97. The van der Waals surface area contributed by atoms with E-state index in [1.807, 2.05) is 42.8 Å². The number of hydrogen-bond donors (Lipinski definition) is 1. The van der Waals surface area contributed by atoms with Crippen molar-refractivity contribution in [3.63, 3.8) is 0 Å². The molecule has 0 aliphatic rings. The van der Waals surface area contributed by atoms with Gasteiger partial charge in [-0.1, -0.05) is 12.1 Å². The maximum absolute atomic E-state index is 9.80. The van der Waals surface area contributed by atoms with Crippen molar-refractivity contribution < 1.29 is 9.84 Å². The fraction of sp³-hybridized carbons (Fsp3) is 0.438. The molecule has 0 saturated heterocycles. The summed E-state index contributed by atoms with van der Waals surface area (Å²) in [7, 11) is 0. The van der Waals surface area contributed by atoms with Crippen molar-refractivity contribution in [2.45, 2.75) is 47.0 Å². The number of hydrogen-bond acceptors (Lipinski definition) is 3. The maximum atomic E-state index is 9.80. The largest absolute Gasteiger partial charge is 0.487 e. The molecule has 1 atom stereocenters. The van der Waals surface area contributed by atoms with Crippen LogP contribution in [0.25, 0.3) is 0 Å². The average molecular weight is 274 g/mol. The zero-order chi connectivity index (χ0) is 14.7. The van der Waals surface area contributed by atoms with Crippen molar-refractivity contribution in [3.8, 4) is 5.75 Å². The Morgan fingerprint density at radius 1 is 1.30 bits per heavy atom. The minimum atomic E-state index is -0.538. The van der Waals surface area contributed by atoms with Gasteiger partial charge >= 0.3 is 0 Å². The van der Waals surface area contributed by atoms with Crippen LogP contribution in [0.5, 0.6) is 5.75 Å². The van der Waals surface area contributed by atoms with Gasteiger partial charge in [-0.2, -0.15) is 5.10 Å². The van der Waals surface area contributed by atoms with E-state index in [1.165, 1.54) is 0 Å². The predicted molar refractivity (Wildman–Crippen MR) is 78.8 cm³/mol. The van der Waals surface area contributed by atoms with Gasteiger partial charge in [0.1, 0.15) is 12.4 Å². The summed E-state index contributed by atoms with van der Waals surface area (Å²) in [5, 5.41) is 14.2. The summed E-state index contributed by atoms with van der Waals surface area (Å²) in [6.45, 7) is 9.08. The molecule has 4 heteroatoms. The summed E-state index contributed by atoms with van der Waals surface area (Å²) in [6.07, 6.45) is -0.538. The fourth-order valence-corrected chi connectivity index (χ4v) is 2.25. The van der Waals surface area contributed by atoms with Crippen molar-refractivity contribution in [3.05, 3.63) is 46.8 Å². The van der Waals surface area contributed by atoms with Gasteiger partial charge in [-0.25, -0.2) is 0 Å². The molecule has 4 nitrogen and oxygen atoms in total. The summed E-state index contributed by atoms with van der Waals surface area (Å²) in [5.74, 6) is 0.738. The lowest BCUT2D eigenvalue weighted by atomic mass is 10.1. The summed E-state index contributed by atoms with van der Waals surface area (Å²) >= 11 is 0. The van der Waals surface area contributed by atoms with Gasteiger partial charge in [-0.05, 0) is 45.4 Å². The van der Waals surface area contributed by atoms with Crippen LogP contribution in [0.2, 0.25) is 0 Å². The molecule has 0 fully saturated rings. The molecule has 2 aromatic rings. The normalized spacial score (nSPS) is 12.4. The van der Waals surface area contributed by atoms with Crippen LogP contribution in [-0.2, 0) is 13.2 Å². The zero-order valence-corrected chi connectivity index (χ0v) is 12.6. The molecule has 0 aliphatic carbocycles. The van der Waals surface area contributed by atoms with Gasteiger partial charge in [-0.15, -0.1) is 0 Å². The van der Waals surface area contributed by atoms with Crippen LogP contribution in [-0.4, -0.2) is 14.9 Å². The van der Waals surface area contributed by atoms with E-state index < -0.39 is 6.10 Å². The summed E-state index contributed by atoms with van der Waals surface area (Å²) < 4.78 is 7.84. The van der Waals surface area contributed by atoms with Crippen LogP contribution in [0.1, 0.15) is 42.5 Å². The van der Waals surface area contributed by atoms with Crippen LogP contribution >= 0.6 is 0 Å². The smallest absolute Gasteiger partial charge is 0.130 e. The Bertz CT molecular complexity index is 588. The molecule has 0 amide bonds. The number of aromatic nitrogens is 2. The van der Waals surface area contributed by atoms with E-state index in [0.29, 0.717) is 6.61 Å². The number of aliphatic hydroxyl groups is 1. The van der Waals surface area contributed by atoms with Gasteiger partial charge in [0.05, 0.1) is 17.5 Å². The summed E-state index contributed by atoms with van der Waals surface area (Å²) in [4.78, 5) is 0. The van der Waals surface area contributed by atoms with E-state index in [9.17, 15) is 5.11 Å². The van der Waals surface area contributed by atoms with E-state index >= 15 is 0 Å². The van der Waals surface area contributed by atoms with Gasteiger partial charge in [0.15, 0.2) is 0 Å². The van der Waals surface area contributed by atoms with E-state index in [1.54, 1.807) is 6.92 Å². The number of benzene rings is 1. The second-order valence-electron chi connectivity index (χ2n) is 5.10. The second kappa shape index (κ2) is 6.09. The molecule has 20 heavy (non-hydrogen) atoms. The Hall–Kier alpha value is -1.81. The van der Waals surface area contributed by atoms with Crippen LogP contribution in [0.15, 0.2) is 24.3 Å². The number of ether oxygens (including phenoxy) is 1. The van der Waals surface area contributed by atoms with Crippen molar-refractivity contribution in [1.82, 2.24) is 9.78 Å². The maximum Gasteiger partial charge on any atom is 0.130 e. The fourth-order valence-electron chi connectivity index (χ4n) is 2.25. The molecule has 0 aliphatic heterocycles. The first-order chi connectivity index (χ1) is 9.51. The van der Waals surface area contributed by atoms with E-state index in [2.05, 4.69) is 12.0 Å². The Kier molecular flexibility index (Phi) is 4.45. The van der Waals surface area contributed by atoms with Gasteiger partial charge in [-0.3, -0.25) is 4.68 Å². The standard InChI is InChI=1S/C16H22N2O2/c1-5-18-14(9-12(3)17-18)10-20-16-8-11(2)6-7-15(16)13(4)19/h6-9,13,19H,5,10H2,1-4H3/t13-/m1/s1. The van der Waals surface area contributed by atoms with Crippen molar-refractivity contribution in [2.75, 3.05) is 0 Å². The molecule has 0 unspecified atom stereocenters. The second-order valence-corrected chi connectivity index (χ2v) is 5.10. The zero-order valence-electron chi connectivity index (χ0n) is 12.6. The lowest BCUT2D eigenvalue weighted by Gasteiger charge is -2.14. The Balaban J connectivity index is 2.20. The third-order valence-electron chi connectivity index (χ3n) is 3.28. The number of nitrogens with zero attached hydrogens (tertiary/aromatic N) is 2. The molecule has 0 radical (unpaired) electrons. The van der Waals surface area contributed by atoms with Crippen LogP contribution in [0, 0.1) is 13.8 Å². The minimum absolute atomic E-state index is 0.456. The van der Waals surface area contributed by atoms with Crippen molar-refractivity contribution >= 4 is 0 Å². The highest BCUT2D eigenvalue weighted by atomic mass is 16.5. The number of aliphatic hydroxyl groups excluding tert-OH is 1. The SMILES string of the molecule is CCn1nc(C)cc1COc1cc(C)ccc1[C@@H](C)O. The lowest BCUT2D eigenvalue weighted by molar-refractivity contribution is 0.189. The lowest BCUT2D eigenvalue weighted by Crippen LogP contribution is -2.07. The van der Waals surface area contributed by atoms with E-state index in [-0.39, 0.29) is 0 Å². The third kappa shape index (κ3) is 3.20. The molecular weight excluding hydrogens is 252 g/mol. The van der Waals surface area contributed by atoms with E-state index in [0.717, 1.165) is 34.8 Å². The first kappa shape index (κ1) is 14.6. The molecule has 1 heterocycles. The first-order valence-electron chi connectivity index (χ1n) is 6.96. The van der Waals surface area contributed by atoms with Crippen LogP contribution < -0.4 is 4.74 Å². The quantitative estimate of drug-likeness (QED) is 0.911. The molecule has 108 valence electrons. The van der Waals surface area contributed by atoms with Gasteiger partial charge in [0.25, 0.3) is 0 Å². The Morgan fingerprint density at radius 2 is 2.05 bits per heavy atom. The minimum Gasteiger partial charge on any atom is -0.487 e. The molecule has 2 rings (SSSR count). The van der Waals surface area contributed by atoms with Crippen LogP contribution in [0.4, 0.5) is 0 Å². The molecule has 1 N–H and O–H groups in total. The highest BCUT2D eigenvalue weighted by Crippen LogP contribution is 2.27. The molecule has 0 bridgehead atoms. The van der Waals surface area contributed by atoms with Crippen LogP contribution in [0.3, 0.4) is 0 Å². The molecule has 0 spiro atoms. The Morgan fingerprint density at radius 3 is 2.70 bits per heavy atom. The monoisotopic (exact) mass is 274 g/mol. The number of rotatable bonds is 5. The van der Waals surface area contributed by atoms with Gasteiger partial charge in [0.2, 0.25) is 0 Å².